The van der Waals surface area contributed by atoms with Crippen LogP contribution in [0.25, 0.3) is 0 Å². The normalized spacial score (nSPS) is 12.1. The molecule has 5 heteroatoms. The molecular formula is C12H14N4O. The third kappa shape index (κ3) is 2.63. The molecule has 0 bridgehead atoms. The molecule has 1 unspecified atom stereocenters. The molecule has 0 saturated heterocycles. The van der Waals surface area contributed by atoms with Gasteiger partial charge in [-0.1, -0.05) is 6.07 Å². The number of amides is 1. The topological polar surface area (TPSA) is 72.9 Å². The smallest absolute Gasteiger partial charge is 0.247 e. The SMILES string of the molecule is CC(C(=O)Nc1cccc(N)c1)n1ccnc1. The van der Waals surface area contributed by atoms with Crippen LogP contribution in [-0.4, -0.2) is 15.5 Å². The first-order chi connectivity index (χ1) is 8.16. The zero-order chi connectivity index (χ0) is 12.3. The van der Waals surface area contributed by atoms with Gasteiger partial charge in [-0.05, 0) is 25.1 Å². The number of imidazole rings is 1. The molecule has 1 atom stereocenters. The van der Waals surface area contributed by atoms with Crippen molar-refractivity contribution in [2.24, 2.45) is 0 Å². The summed E-state index contributed by atoms with van der Waals surface area (Å²) in [5.41, 5.74) is 6.96. The zero-order valence-electron chi connectivity index (χ0n) is 9.50. The number of nitrogens with zero attached hydrogens (tertiary/aromatic N) is 2. The van der Waals surface area contributed by atoms with E-state index in [1.165, 1.54) is 0 Å². The Hall–Kier alpha value is -2.30. The predicted molar refractivity (Wildman–Crippen MR) is 66.4 cm³/mol. The van der Waals surface area contributed by atoms with Gasteiger partial charge in [0.05, 0.1) is 6.33 Å². The lowest BCUT2D eigenvalue weighted by Gasteiger charge is -2.13. The Labute approximate surface area is 99.3 Å². The van der Waals surface area contributed by atoms with Crippen LogP contribution in [0, 0.1) is 0 Å². The number of aromatic nitrogens is 2. The summed E-state index contributed by atoms with van der Waals surface area (Å²) in [6, 6.07) is 6.79. The largest absolute Gasteiger partial charge is 0.399 e. The van der Waals surface area contributed by atoms with E-state index in [0.29, 0.717) is 11.4 Å². The highest BCUT2D eigenvalue weighted by Crippen LogP contribution is 2.14. The molecule has 17 heavy (non-hydrogen) atoms. The standard InChI is InChI=1S/C12H14N4O/c1-9(16-6-5-14-8-16)12(17)15-11-4-2-3-10(13)7-11/h2-9H,13H2,1H3,(H,15,17). The summed E-state index contributed by atoms with van der Waals surface area (Å²) in [4.78, 5) is 15.8. The van der Waals surface area contributed by atoms with E-state index in [1.807, 2.05) is 6.92 Å². The van der Waals surface area contributed by atoms with Gasteiger partial charge in [0.25, 0.3) is 0 Å². The van der Waals surface area contributed by atoms with Crippen molar-refractivity contribution in [1.29, 1.82) is 0 Å². The van der Waals surface area contributed by atoms with Crippen molar-refractivity contribution in [3.05, 3.63) is 43.0 Å². The zero-order valence-corrected chi connectivity index (χ0v) is 9.50. The van der Waals surface area contributed by atoms with Crippen molar-refractivity contribution in [3.63, 3.8) is 0 Å². The molecule has 0 saturated carbocycles. The van der Waals surface area contributed by atoms with Crippen molar-refractivity contribution in [2.75, 3.05) is 11.1 Å². The number of anilines is 2. The Morgan fingerprint density at radius 1 is 1.53 bits per heavy atom. The van der Waals surface area contributed by atoms with Gasteiger partial charge in [0.15, 0.2) is 0 Å². The fourth-order valence-electron chi connectivity index (χ4n) is 1.50. The summed E-state index contributed by atoms with van der Waals surface area (Å²) in [6.45, 7) is 1.81. The summed E-state index contributed by atoms with van der Waals surface area (Å²) < 4.78 is 1.74. The van der Waals surface area contributed by atoms with Gasteiger partial charge >= 0.3 is 0 Å². The van der Waals surface area contributed by atoms with Gasteiger partial charge in [0, 0.05) is 23.8 Å². The van der Waals surface area contributed by atoms with E-state index in [0.717, 1.165) is 0 Å². The van der Waals surface area contributed by atoms with Crippen LogP contribution in [0.3, 0.4) is 0 Å². The van der Waals surface area contributed by atoms with E-state index < -0.39 is 0 Å². The van der Waals surface area contributed by atoms with Gasteiger partial charge in [0.2, 0.25) is 5.91 Å². The molecule has 2 aromatic rings. The molecule has 1 heterocycles. The van der Waals surface area contributed by atoms with Gasteiger partial charge in [-0.25, -0.2) is 4.98 Å². The molecule has 0 radical (unpaired) electrons. The van der Waals surface area contributed by atoms with Gasteiger partial charge < -0.3 is 15.6 Å². The third-order valence-electron chi connectivity index (χ3n) is 2.51. The Morgan fingerprint density at radius 2 is 2.35 bits per heavy atom. The van der Waals surface area contributed by atoms with Crippen molar-refractivity contribution >= 4 is 17.3 Å². The maximum atomic E-state index is 11.9. The fraction of sp³-hybridized carbons (Fsp3) is 0.167. The van der Waals surface area contributed by atoms with Crippen molar-refractivity contribution < 1.29 is 4.79 Å². The maximum Gasteiger partial charge on any atom is 0.247 e. The van der Waals surface area contributed by atoms with Gasteiger partial charge in [0.1, 0.15) is 6.04 Å². The monoisotopic (exact) mass is 230 g/mol. The Morgan fingerprint density at radius 3 is 3.00 bits per heavy atom. The highest BCUT2D eigenvalue weighted by molar-refractivity contribution is 5.93. The summed E-state index contributed by atoms with van der Waals surface area (Å²) in [7, 11) is 0. The average molecular weight is 230 g/mol. The number of nitrogens with two attached hydrogens (primary N) is 1. The maximum absolute atomic E-state index is 11.9. The average Bonchev–Trinajstić information content (AvgIpc) is 2.81. The van der Waals surface area contributed by atoms with Crippen LogP contribution in [0.5, 0.6) is 0 Å². The first-order valence-electron chi connectivity index (χ1n) is 5.30. The Balaban J connectivity index is 2.07. The molecule has 5 nitrogen and oxygen atoms in total. The number of hydrogen-bond acceptors (Lipinski definition) is 3. The van der Waals surface area contributed by atoms with E-state index in [2.05, 4.69) is 10.3 Å². The highest BCUT2D eigenvalue weighted by Gasteiger charge is 2.13. The number of nitrogens with one attached hydrogen (secondary N) is 1. The molecule has 3 N–H and O–H groups in total. The molecule has 0 aliphatic rings. The first-order valence-corrected chi connectivity index (χ1v) is 5.30. The Bertz CT molecular complexity index is 507. The first kappa shape index (κ1) is 11.2. The minimum Gasteiger partial charge on any atom is -0.399 e. The van der Waals surface area contributed by atoms with E-state index >= 15 is 0 Å². The number of carbonyl (C=O) groups is 1. The molecule has 1 amide bonds. The van der Waals surface area contributed by atoms with Crippen molar-refractivity contribution in [3.8, 4) is 0 Å². The molecule has 0 aliphatic carbocycles. The predicted octanol–water partition coefficient (Wildman–Crippen LogP) is 1.66. The summed E-state index contributed by atoms with van der Waals surface area (Å²) in [5, 5.41) is 2.80. The lowest BCUT2D eigenvalue weighted by Crippen LogP contribution is -2.22. The number of benzene rings is 1. The minimum absolute atomic E-state index is 0.103. The van der Waals surface area contributed by atoms with Crippen LogP contribution in [0.4, 0.5) is 11.4 Å². The quantitative estimate of drug-likeness (QED) is 0.788. The second-order valence-corrected chi connectivity index (χ2v) is 3.80. The lowest BCUT2D eigenvalue weighted by atomic mass is 10.2. The number of hydrogen-bond donors (Lipinski definition) is 2. The lowest BCUT2D eigenvalue weighted by molar-refractivity contribution is -0.118. The van der Waals surface area contributed by atoms with E-state index in [4.69, 9.17) is 5.73 Å². The second kappa shape index (κ2) is 4.69. The second-order valence-electron chi connectivity index (χ2n) is 3.80. The number of carbonyl (C=O) groups excluding carboxylic acids is 1. The molecule has 0 fully saturated rings. The van der Waals surface area contributed by atoms with Crippen LogP contribution < -0.4 is 11.1 Å². The molecule has 0 aliphatic heterocycles. The van der Waals surface area contributed by atoms with Crippen LogP contribution >= 0.6 is 0 Å². The van der Waals surface area contributed by atoms with Crippen molar-refractivity contribution in [1.82, 2.24) is 9.55 Å². The Kier molecular flexibility index (Phi) is 3.09. The third-order valence-corrected chi connectivity index (χ3v) is 2.51. The molecule has 0 spiro atoms. The van der Waals surface area contributed by atoms with E-state index in [9.17, 15) is 4.79 Å². The van der Waals surface area contributed by atoms with Gasteiger partial charge in [-0.15, -0.1) is 0 Å². The fourth-order valence-corrected chi connectivity index (χ4v) is 1.50. The number of nitrogen functional groups attached to an aromatic ring is 1. The summed E-state index contributed by atoms with van der Waals surface area (Å²) in [5.74, 6) is -0.103. The minimum atomic E-state index is -0.307. The van der Waals surface area contributed by atoms with Gasteiger partial charge in [-0.3, -0.25) is 4.79 Å². The molecular weight excluding hydrogens is 216 g/mol. The van der Waals surface area contributed by atoms with Crippen molar-refractivity contribution in [2.45, 2.75) is 13.0 Å². The number of rotatable bonds is 3. The van der Waals surface area contributed by atoms with E-state index in [-0.39, 0.29) is 11.9 Å². The molecule has 2 rings (SSSR count). The van der Waals surface area contributed by atoms with E-state index in [1.54, 1.807) is 47.6 Å². The summed E-state index contributed by atoms with van der Waals surface area (Å²) >= 11 is 0. The van der Waals surface area contributed by atoms with Crippen LogP contribution in [0.1, 0.15) is 13.0 Å². The summed E-state index contributed by atoms with van der Waals surface area (Å²) in [6.07, 6.45) is 5.01. The molecule has 1 aromatic carbocycles. The molecule has 1 aromatic heterocycles. The molecule has 88 valence electrons. The van der Waals surface area contributed by atoms with Crippen LogP contribution in [0.2, 0.25) is 0 Å². The van der Waals surface area contributed by atoms with Crippen LogP contribution in [0.15, 0.2) is 43.0 Å². The highest BCUT2D eigenvalue weighted by atomic mass is 16.2. The van der Waals surface area contributed by atoms with Gasteiger partial charge in [-0.2, -0.15) is 0 Å². The van der Waals surface area contributed by atoms with Crippen LogP contribution in [-0.2, 0) is 4.79 Å².